The fraction of sp³-hybridized carbons (Fsp3) is 0.714. The average molecular weight is 334 g/mol. The first-order valence-corrected chi connectivity index (χ1v) is 9.96. The largest absolute Gasteiger partial charge is 0.504 e. The molecule has 1 heterocycles. The molecule has 1 aliphatic rings. The van der Waals surface area contributed by atoms with E-state index in [1.54, 1.807) is 12.1 Å². The van der Waals surface area contributed by atoms with Crippen LogP contribution in [0.3, 0.4) is 0 Å². The van der Waals surface area contributed by atoms with Gasteiger partial charge in [0.05, 0.1) is 0 Å². The van der Waals surface area contributed by atoms with Gasteiger partial charge in [0.25, 0.3) is 0 Å². The van der Waals surface area contributed by atoms with Crippen molar-refractivity contribution in [1.82, 2.24) is 4.90 Å². The second kappa shape index (κ2) is 10.6. The first-order chi connectivity index (χ1) is 11.7. The molecule has 0 aromatic heterocycles. The Kier molecular flexibility index (Phi) is 8.44. The van der Waals surface area contributed by atoms with Crippen molar-refractivity contribution in [3.63, 3.8) is 0 Å². The van der Waals surface area contributed by atoms with Crippen LogP contribution < -0.4 is 0 Å². The van der Waals surface area contributed by atoms with E-state index in [1.807, 2.05) is 0 Å². The van der Waals surface area contributed by atoms with Crippen LogP contribution in [0.2, 0.25) is 0 Å². The van der Waals surface area contributed by atoms with Gasteiger partial charge in [-0.15, -0.1) is 0 Å². The predicted molar refractivity (Wildman–Crippen MR) is 101 cm³/mol. The summed E-state index contributed by atoms with van der Waals surface area (Å²) in [7, 11) is 0. The SMILES string of the molecule is CCCCCCCCCCCCN1CCc2cc(O)c(O)cc2C1. The van der Waals surface area contributed by atoms with Crippen molar-refractivity contribution >= 4 is 0 Å². The number of benzene rings is 1. The summed E-state index contributed by atoms with van der Waals surface area (Å²) in [5.74, 6) is 0.0198. The molecule has 0 spiro atoms. The molecular formula is C21H35NO2. The first-order valence-electron chi connectivity index (χ1n) is 9.96. The van der Waals surface area contributed by atoms with E-state index in [4.69, 9.17) is 0 Å². The van der Waals surface area contributed by atoms with Crippen LogP contribution in [0.4, 0.5) is 0 Å². The van der Waals surface area contributed by atoms with E-state index in [0.717, 1.165) is 26.1 Å². The van der Waals surface area contributed by atoms with Crippen molar-refractivity contribution in [1.29, 1.82) is 0 Å². The van der Waals surface area contributed by atoms with Crippen molar-refractivity contribution in [3.8, 4) is 11.5 Å². The minimum atomic E-state index is 0.00883. The van der Waals surface area contributed by atoms with E-state index < -0.39 is 0 Å². The Labute approximate surface area is 147 Å². The van der Waals surface area contributed by atoms with E-state index in [9.17, 15) is 10.2 Å². The Morgan fingerprint density at radius 3 is 1.96 bits per heavy atom. The Bertz CT molecular complexity index is 487. The number of unbranched alkanes of at least 4 members (excludes halogenated alkanes) is 9. The van der Waals surface area contributed by atoms with Crippen LogP contribution in [-0.4, -0.2) is 28.2 Å². The molecule has 24 heavy (non-hydrogen) atoms. The smallest absolute Gasteiger partial charge is 0.157 e. The number of hydrogen-bond donors (Lipinski definition) is 2. The summed E-state index contributed by atoms with van der Waals surface area (Å²) >= 11 is 0. The van der Waals surface area contributed by atoms with Gasteiger partial charge in [-0.3, -0.25) is 4.90 Å². The van der Waals surface area contributed by atoms with Crippen LogP contribution in [0.25, 0.3) is 0 Å². The number of hydrogen-bond acceptors (Lipinski definition) is 3. The topological polar surface area (TPSA) is 43.7 Å². The zero-order chi connectivity index (χ0) is 17.2. The number of rotatable bonds is 11. The van der Waals surface area contributed by atoms with Crippen LogP contribution in [0.15, 0.2) is 12.1 Å². The minimum Gasteiger partial charge on any atom is -0.504 e. The highest BCUT2D eigenvalue weighted by molar-refractivity contribution is 5.46. The molecule has 0 aliphatic carbocycles. The number of aromatic hydroxyl groups is 2. The van der Waals surface area contributed by atoms with Crippen LogP contribution in [0.5, 0.6) is 11.5 Å². The minimum absolute atomic E-state index is 0.00883. The molecule has 0 radical (unpaired) electrons. The standard InChI is InChI=1S/C21H35NO2/c1-2-3-4-5-6-7-8-9-10-11-13-22-14-12-18-15-20(23)21(24)16-19(18)17-22/h15-16,23-24H,2-14,17H2,1H3. The molecule has 0 saturated carbocycles. The first kappa shape index (κ1) is 19.1. The van der Waals surface area contributed by atoms with Gasteiger partial charge < -0.3 is 10.2 Å². The summed E-state index contributed by atoms with van der Waals surface area (Å²) in [4.78, 5) is 2.48. The molecule has 1 aromatic carbocycles. The van der Waals surface area contributed by atoms with Gasteiger partial charge in [0, 0.05) is 13.1 Å². The second-order valence-corrected chi connectivity index (χ2v) is 7.32. The number of phenols is 2. The maximum absolute atomic E-state index is 9.66. The van der Waals surface area contributed by atoms with Crippen molar-refractivity contribution in [2.75, 3.05) is 13.1 Å². The van der Waals surface area contributed by atoms with Crippen LogP contribution in [-0.2, 0) is 13.0 Å². The number of fused-ring (bicyclic) bond motifs is 1. The summed E-state index contributed by atoms with van der Waals surface area (Å²) in [6.07, 6.45) is 14.7. The van der Waals surface area contributed by atoms with E-state index >= 15 is 0 Å². The lowest BCUT2D eigenvalue weighted by Crippen LogP contribution is -2.31. The fourth-order valence-electron chi connectivity index (χ4n) is 3.66. The van der Waals surface area contributed by atoms with E-state index in [0.29, 0.717) is 0 Å². The van der Waals surface area contributed by atoms with Crippen molar-refractivity contribution in [2.45, 2.75) is 84.1 Å². The Morgan fingerprint density at radius 2 is 1.33 bits per heavy atom. The summed E-state index contributed by atoms with van der Waals surface area (Å²) < 4.78 is 0. The molecule has 0 unspecified atom stereocenters. The highest BCUT2D eigenvalue weighted by atomic mass is 16.3. The third-order valence-electron chi connectivity index (χ3n) is 5.22. The quantitative estimate of drug-likeness (QED) is 0.422. The van der Waals surface area contributed by atoms with Crippen LogP contribution in [0.1, 0.15) is 82.3 Å². The predicted octanol–water partition coefficient (Wildman–Crippen LogP) is 5.38. The lowest BCUT2D eigenvalue weighted by molar-refractivity contribution is 0.247. The van der Waals surface area contributed by atoms with Gasteiger partial charge in [0.2, 0.25) is 0 Å². The Morgan fingerprint density at radius 1 is 0.792 bits per heavy atom. The lowest BCUT2D eigenvalue weighted by atomic mass is 9.98. The maximum atomic E-state index is 9.66. The molecule has 3 nitrogen and oxygen atoms in total. The highest BCUT2D eigenvalue weighted by Crippen LogP contribution is 2.31. The number of phenolic OH excluding ortho intramolecular Hbond substituents is 2. The molecule has 1 aromatic rings. The zero-order valence-electron chi connectivity index (χ0n) is 15.4. The molecule has 3 heteroatoms. The van der Waals surface area contributed by atoms with Gasteiger partial charge in [0.1, 0.15) is 0 Å². The molecule has 0 atom stereocenters. The van der Waals surface area contributed by atoms with Crippen molar-refractivity contribution in [3.05, 3.63) is 23.3 Å². The normalized spacial score (nSPS) is 14.7. The Balaban J connectivity index is 1.53. The Hall–Kier alpha value is -1.22. The van der Waals surface area contributed by atoms with Gasteiger partial charge >= 0.3 is 0 Å². The van der Waals surface area contributed by atoms with Crippen molar-refractivity contribution < 1.29 is 10.2 Å². The average Bonchev–Trinajstić information content (AvgIpc) is 2.58. The summed E-state index contributed by atoms with van der Waals surface area (Å²) in [5, 5.41) is 19.2. The van der Waals surface area contributed by atoms with Gasteiger partial charge in [-0.1, -0.05) is 64.7 Å². The molecule has 136 valence electrons. The summed E-state index contributed by atoms with van der Waals surface area (Å²) in [6, 6.07) is 3.46. The monoisotopic (exact) mass is 333 g/mol. The van der Waals surface area contributed by atoms with Crippen LogP contribution in [0, 0.1) is 0 Å². The molecule has 2 rings (SSSR count). The molecule has 1 aliphatic heterocycles. The third kappa shape index (κ3) is 6.35. The van der Waals surface area contributed by atoms with E-state index in [1.165, 1.54) is 75.3 Å². The molecular weight excluding hydrogens is 298 g/mol. The molecule has 0 saturated heterocycles. The second-order valence-electron chi connectivity index (χ2n) is 7.32. The van der Waals surface area contributed by atoms with Gasteiger partial charge in [-0.2, -0.15) is 0 Å². The van der Waals surface area contributed by atoms with Gasteiger partial charge in [0.15, 0.2) is 11.5 Å². The lowest BCUT2D eigenvalue weighted by Gasteiger charge is -2.29. The van der Waals surface area contributed by atoms with Gasteiger partial charge in [-0.25, -0.2) is 0 Å². The maximum Gasteiger partial charge on any atom is 0.157 e. The van der Waals surface area contributed by atoms with E-state index in [-0.39, 0.29) is 11.5 Å². The molecule has 2 N–H and O–H groups in total. The summed E-state index contributed by atoms with van der Waals surface area (Å²) in [6.45, 7) is 5.39. The molecule has 0 amide bonds. The third-order valence-corrected chi connectivity index (χ3v) is 5.22. The zero-order valence-corrected chi connectivity index (χ0v) is 15.4. The fourth-order valence-corrected chi connectivity index (χ4v) is 3.66. The molecule has 0 bridgehead atoms. The van der Waals surface area contributed by atoms with Crippen LogP contribution >= 0.6 is 0 Å². The van der Waals surface area contributed by atoms with Gasteiger partial charge in [-0.05, 0) is 42.6 Å². The highest BCUT2D eigenvalue weighted by Gasteiger charge is 2.17. The van der Waals surface area contributed by atoms with Crippen molar-refractivity contribution in [2.24, 2.45) is 0 Å². The summed E-state index contributed by atoms with van der Waals surface area (Å²) in [5.41, 5.74) is 2.35. The molecule has 0 fully saturated rings. The van der Waals surface area contributed by atoms with E-state index in [2.05, 4.69) is 11.8 Å². The number of nitrogens with zero attached hydrogens (tertiary/aromatic N) is 1.